The van der Waals surface area contributed by atoms with Crippen molar-refractivity contribution in [3.8, 4) is 0 Å². The Bertz CT molecular complexity index is 1500. The molecule has 3 aromatic heterocycles. The first-order chi connectivity index (χ1) is 18.6. The molecule has 2 fully saturated rings. The van der Waals surface area contributed by atoms with E-state index in [1.54, 1.807) is 10.6 Å². The molecule has 3 aromatic rings. The van der Waals surface area contributed by atoms with Crippen molar-refractivity contribution in [2.24, 2.45) is 0 Å². The van der Waals surface area contributed by atoms with E-state index in [0.717, 1.165) is 10.6 Å². The van der Waals surface area contributed by atoms with Gasteiger partial charge in [-0.1, -0.05) is 12.2 Å². The quantitative estimate of drug-likeness (QED) is 0.159. The van der Waals surface area contributed by atoms with Crippen molar-refractivity contribution in [1.82, 2.24) is 24.1 Å². The lowest BCUT2D eigenvalue weighted by atomic mass is 10.1. The number of fused-ring (bicyclic) bond motifs is 1. The summed E-state index contributed by atoms with van der Waals surface area (Å²) in [5.41, 5.74) is 5.98. The number of hydrogen-bond acceptors (Lipinski definition) is 13. The van der Waals surface area contributed by atoms with E-state index in [-0.39, 0.29) is 13.0 Å². The first kappa shape index (κ1) is 27.9. The first-order valence-corrected chi connectivity index (χ1v) is 14.5. The summed E-state index contributed by atoms with van der Waals surface area (Å²) in [6, 6.07) is 2.74. The largest absolute Gasteiger partial charge is 0.397 e. The molecule has 0 amide bonds. The number of pyridine rings is 1. The SMILES string of the molecule is CO[C@H]1C(O[P@@](=O)(S)OC[C@H]2O[C@@H](n3cnc4c(N)ccnc43)CC2O)[C@@H](CO)O[C@H]1n1ccc(=O)[nH]c1=O. The molecular weight excluding hydrogens is 559 g/mol. The lowest BCUT2D eigenvalue weighted by Crippen LogP contribution is -2.39. The molecule has 16 nitrogen and oxygen atoms in total. The monoisotopic (exact) mass is 586 g/mol. The van der Waals surface area contributed by atoms with E-state index in [2.05, 4.69) is 27.2 Å². The second-order valence-electron chi connectivity index (χ2n) is 8.96. The molecular formula is C21H27N6O10PS. The summed E-state index contributed by atoms with van der Waals surface area (Å²) in [5, 5.41) is 20.4. The molecule has 5 heterocycles. The number of ether oxygens (including phenoxy) is 3. The number of hydrogen-bond donors (Lipinski definition) is 5. The third-order valence-corrected chi connectivity index (χ3v) is 8.14. The molecule has 0 spiro atoms. The Kier molecular flexibility index (Phi) is 7.96. The first-order valence-electron chi connectivity index (χ1n) is 11.8. The molecule has 0 radical (unpaired) electrons. The van der Waals surface area contributed by atoms with Crippen LogP contribution in [0.25, 0.3) is 11.2 Å². The van der Waals surface area contributed by atoms with Gasteiger partial charge in [-0.2, -0.15) is 0 Å². The lowest BCUT2D eigenvalue weighted by molar-refractivity contribution is -0.0625. The van der Waals surface area contributed by atoms with Gasteiger partial charge in [0.15, 0.2) is 11.9 Å². The van der Waals surface area contributed by atoms with Crippen molar-refractivity contribution < 1.29 is 38.0 Å². The minimum absolute atomic E-state index is 0.179. The third-order valence-electron chi connectivity index (χ3n) is 6.53. The molecule has 18 heteroatoms. The lowest BCUT2D eigenvalue weighted by Gasteiger charge is -2.26. The summed E-state index contributed by atoms with van der Waals surface area (Å²) >= 11 is 4.04. The number of anilines is 1. The number of rotatable bonds is 9. The van der Waals surface area contributed by atoms with Crippen LogP contribution in [-0.4, -0.2) is 85.1 Å². The van der Waals surface area contributed by atoms with Crippen molar-refractivity contribution >= 4 is 35.9 Å². The zero-order valence-electron chi connectivity index (χ0n) is 20.5. The molecule has 0 aliphatic carbocycles. The van der Waals surface area contributed by atoms with Gasteiger partial charge in [0.1, 0.15) is 36.2 Å². The molecule has 2 unspecified atom stereocenters. The van der Waals surface area contributed by atoms with Gasteiger partial charge in [0.25, 0.3) is 5.56 Å². The number of nitrogens with one attached hydrogen (secondary N) is 1. The predicted molar refractivity (Wildman–Crippen MR) is 137 cm³/mol. The van der Waals surface area contributed by atoms with Gasteiger partial charge in [0.2, 0.25) is 0 Å². The maximum atomic E-state index is 13.2. The van der Waals surface area contributed by atoms with Crippen LogP contribution in [0.3, 0.4) is 0 Å². The third kappa shape index (κ3) is 5.54. The number of H-pyrrole nitrogens is 1. The summed E-state index contributed by atoms with van der Waals surface area (Å²) in [6.45, 7) is -5.07. The van der Waals surface area contributed by atoms with Gasteiger partial charge in [0.05, 0.1) is 31.3 Å². The van der Waals surface area contributed by atoms with Gasteiger partial charge < -0.3 is 30.2 Å². The Morgan fingerprint density at radius 3 is 2.74 bits per heavy atom. The van der Waals surface area contributed by atoms with Crippen LogP contribution in [0, 0.1) is 0 Å². The van der Waals surface area contributed by atoms with Crippen LogP contribution in [0.4, 0.5) is 5.69 Å². The summed E-state index contributed by atoms with van der Waals surface area (Å²) in [5.74, 6) is 0. The number of methoxy groups -OCH3 is 1. The highest BCUT2D eigenvalue weighted by molar-refractivity contribution is 8.44. The Balaban J connectivity index is 1.26. The minimum Gasteiger partial charge on any atom is -0.397 e. The number of imidazole rings is 1. The normalized spacial score (nSPS) is 30.6. The predicted octanol–water partition coefficient (Wildman–Crippen LogP) is -0.443. The van der Waals surface area contributed by atoms with Gasteiger partial charge in [-0.25, -0.2) is 19.3 Å². The summed E-state index contributed by atoms with van der Waals surface area (Å²) in [7, 11) is 1.31. The summed E-state index contributed by atoms with van der Waals surface area (Å²) < 4.78 is 44.0. The Labute approximate surface area is 225 Å². The van der Waals surface area contributed by atoms with E-state index in [1.165, 1.54) is 25.8 Å². The van der Waals surface area contributed by atoms with E-state index in [1.807, 2.05) is 0 Å². The highest BCUT2D eigenvalue weighted by atomic mass is 32.7. The fourth-order valence-electron chi connectivity index (χ4n) is 4.64. The molecule has 0 saturated carbocycles. The van der Waals surface area contributed by atoms with Crippen LogP contribution in [0.5, 0.6) is 0 Å². The van der Waals surface area contributed by atoms with E-state index >= 15 is 0 Å². The van der Waals surface area contributed by atoms with Crippen molar-refractivity contribution in [2.45, 2.75) is 49.4 Å². The second kappa shape index (κ2) is 11.1. The number of aliphatic hydroxyl groups is 2. The number of thiol groups is 1. The number of aromatic nitrogens is 5. The van der Waals surface area contributed by atoms with Crippen LogP contribution >= 0.6 is 19.0 Å². The number of nitrogens with two attached hydrogens (primary N) is 1. The standard InChI is InChI=1S/C21H27N6O10PS/c1-33-18-17(12(7-28)36-20(18)26-5-3-14(30)25-21(26)31)37-38(32,39)34-8-13-11(29)6-15(35-13)27-9-24-16-10(22)2-4-23-19(16)27/h2-5,9,11-13,15,17-18,20,28-29H,6-8H2,1H3,(H2,22,23)(H,32,39)(H,25,30,31)/t11?,12-,13-,15-,17?,18+,20-,38+/m1/s1. The van der Waals surface area contributed by atoms with Crippen molar-refractivity contribution in [3.63, 3.8) is 0 Å². The fourth-order valence-corrected chi connectivity index (χ4v) is 6.12. The van der Waals surface area contributed by atoms with Crippen LogP contribution < -0.4 is 17.0 Å². The van der Waals surface area contributed by atoms with E-state index in [0.29, 0.717) is 16.9 Å². The highest BCUT2D eigenvalue weighted by Crippen LogP contribution is 2.56. The highest BCUT2D eigenvalue weighted by Gasteiger charge is 2.50. The van der Waals surface area contributed by atoms with E-state index in [9.17, 15) is 24.4 Å². The molecule has 212 valence electrons. The zero-order valence-corrected chi connectivity index (χ0v) is 22.3. The number of aromatic amines is 1. The number of nitrogens with zero attached hydrogens (tertiary/aromatic N) is 4. The Morgan fingerprint density at radius 1 is 1.23 bits per heavy atom. The maximum Gasteiger partial charge on any atom is 0.386 e. The molecule has 5 N–H and O–H groups in total. The Morgan fingerprint density at radius 2 is 2.03 bits per heavy atom. The Hall–Kier alpha value is -2.60. The van der Waals surface area contributed by atoms with Gasteiger partial charge in [0, 0.05) is 32.0 Å². The molecule has 39 heavy (non-hydrogen) atoms. The molecule has 8 atom stereocenters. The second-order valence-corrected chi connectivity index (χ2v) is 11.8. The molecule has 0 aromatic carbocycles. The van der Waals surface area contributed by atoms with Crippen molar-refractivity contribution in [3.05, 3.63) is 51.7 Å². The van der Waals surface area contributed by atoms with Crippen LogP contribution in [0.1, 0.15) is 18.9 Å². The number of aliphatic hydroxyl groups excluding tert-OH is 2. The molecule has 2 saturated heterocycles. The summed E-state index contributed by atoms with van der Waals surface area (Å²) in [6.07, 6.45) is -2.50. The van der Waals surface area contributed by atoms with E-state index in [4.69, 9.17) is 29.0 Å². The minimum atomic E-state index is -4.15. The van der Waals surface area contributed by atoms with E-state index < -0.39 is 67.6 Å². The van der Waals surface area contributed by atoms with Crippen LogP contribution in [-0.2, 0) is 27.8 Å². The molecule has 5 rings (SSSR count). The van der Waals surface area contributed by atoms with Gasteiger partial charge in [-0.15, -0.1) is 0 Å². The number of nitrogen functional groups attached to an aromatic ring is 1. The van der Waals surface area contributed by atoms with Crippen LogP contribution in [0.2, 0.25) is 0 Å². The van der Waals surface area contributed by atoms with Gasteiger partial charge >= 0.3 is 12.5 Å². The maximum absolute atomic E-state index is 13.2. The van der Waals surface area contributed by atoms with Crippen LogP contribution in [0.15, 0.2) is 40.4 Å². The molecule has 2 aliphatic heterocycles. The molecule has 2 aliphatic rings. The zero-order chi connectivity index (χ0) is 27.9. The fraction of sp³-hybridized carbons (Fsp3) is 0.524. The van der Waals surface area contributed by atoms with Crippen molar-refractivity contribution in [2.75, 3.05) is 26.1 Å². The van der Waals surface area contributed by atoms with Gasteiger partial charge in [-0.05, 0) is 6.07 Å². The van der Waals surface area contributed by atoms with Crippen molar-refractivity contribution in [1.29, 1.82) is 0 Å². The average molecular weight is 587 g/mol. The average Bonchev–Trinajstić information content (AvgIpc) is 3.58. The molecule has 0 bridgehead atoms. The summed E-state index contributed by atoms with van der Waals surface area (Å²) in [4.78, 5) is 34.3. The van der Waals surface area contributed by atoms with Gasteiger partial charge in [-0.3, -0.25) is 28.0 Å². The topological polar surface area (TPSA) is 215 Å². The smallest absolute Gasteiger partial charge is 0.386 e.